The lowest BCUT2D eigenvalue weighted by atomic mass is 9.46. The molecule has 6 atom stereocenters. The Kier molecular flexibility index (Phi) is 4.17. The largest absolute Gasteiger partial charge is 0.481 e. The summed E-state index contributed by atoms with van der Waals surface area (Å²) in [6.45, 7) is 7.22. The molecule has 6 heteroatoms. The summed E-state index contributed by atoms with van der Waals surface area (Å²) in [5, 5.41) is 19.8. The van der Waals surface area contributed by atoms with Gasteiger partial charge in [-0.05, 0) is 43.9 Å². The third kappa shape index (κ3) is 2.30. The van der Waals surface area contributed by atoms with E-state index in [1.54, 1.807) is 6.92 Å². The van der Waals surface area contributed by atoms with Crippen molar-refractivity contribution in [2.75, 3.05) is 0 Å². The van der Waals surface area contributed by atoms with Crippen LogP contribution in [0.25, 0.3) is 0 Å². The van der Waals surface area contributed by atoms with Crippen LogP contribution in [-0.4, -0.2) is 34.2 Å². The summed E-state index contributed by atoms with van der Waals surface area (Å²) in [5.74, 6) is -4.24. The van der Waals surface area contributed by atoms with E-state index in [0.717, 1.165) is 11.9 Å². The SMILES string of the molecule is C=C1CC2(C=O)CC1C(=O)CC2C1(C)CCCC(C)(C(=O)O)C1C(=O)O. The Morgan fingerprint density at radius 3 is 2.42 bits per heavy atom. The topological polar surface area (TPSA) is 109 Å². The van der Waals surface area contributed by atoms with Crippen molar-refractivity contribution in [1.29, 1.82) is 0 Å². The van der Waals surface area contributed by atoms with E-state index in [1.807, 2.05) is 0 Å². The molecular formula is C20H26O6. The molecule has 3 aliphatic carbocycles. The highest BCUT2D eigenvalue weighted by atomic mass is 16.4. The zero-order valence-electron chi connectivity index (χ0n) is 15.3. The number of carbonyl (C=O) groups is 4. The second kappa shape index (κ2) is 5.76. The van der Waals surface area contributed by atoms with E-state index in [0.29, 0.717) is 25.7 Å². The zero-order valence-corrected chi connectivity index (χ0v) is 15.3. The van der Waals surface area contributed by atoms with Gasteiger partial charge in [0.25, 0.3) is 0 Å². The highest BCUT2D eigenvalue weighted by Crippen LogP contribution is 2.65. The number of rotatable bonds is 4. The van der Waals surface area contributed by atoms with Crippen LogP contribution in [0.3, 0.4) is 0 Å². The first kappa shape index (κ1) is 18.8. The van der Waals surface area contributed by atoms with Gasteiger partial charge < -0.3 is 15.0 Å². The number of carboxylic acids is 2. The first-order valence-corrected chi connectivity index (χ1v) is 9.15. The summed E-state index contributed by atoms with van der Waals surface area (Å²) in [7, 11) is 0. The van der Waals surface area contributed by atoms with E-state index in [2.05, 4.69) is 6.58 Å². The van der Waals surface area contributed by atoms with Gasteiger partial charge in [0.15, 0.2) is 0 Å². The van der Waals surface area contributed by atoms with Gasteiger partial charge >= 0.3 is 11.9 Å². The van der Waals surface area contributed by atoms with Crippen LogP contribution in [0.5, 0.6) is 0 Å². The van der Waals surface area contributed by atoms with Crippen molar-refractivity contribution in [3.05, 3.63) is 12.2 Å². The van der Waals surface area contributed by atoms with Crippen LogP contribution in [0.2, 0.25) is 0 Å². The summed E-state index contributed by atoms with van der Waals surface area (Å²) in [6.07, 6.45) is 3.11. The van der Waals surface area contributed by atoms with Crippen molar-refractivity contribution >= 4 is 24.0 Å². The smallest absolute Gasteiger partial charge is 0.310 e. The average molecular weight is 362 g/mol. The van der Waals surface area contributed by atoms with Crippen LogP contribution < -0.4 is 0 Å². The molecule has 0 radical (unpaired) electrons. The molecule has 6 nitrogen and oxygen atoms in total. The molecule has 6 unspecified atom stereocenters. The molecule has 0 aromatic rings. The molecule has 0 heterocycles. The Hall–Kier alpha value is -1.98. The number of carboxylic acid groups (broad SMARTS) is 2. The summed E-state index contributed by atoms with van der Waals surface area (Å²) >= 11 is 0. The third-order valence-electron chi connectivity index (χ3n) is 7.60. The third-order valence-corrected chi connectivity index (χ3v) is 7.60. The maximum atomic E-state index is 12.6. The van der Waals surface area contributed by atoms with Gasteiger partial charge in [-0.3, -0.25) is 14.4 Å². The first-order valence-electron chi connectivity index (χ1n) is 9.15. The number of fused-ring (bicyclic) bond motifs is 2. The van der Waals surface area contributed by atoms with E-state index in [4.69, 9.17) is 0 Å². The van der Waals surface area contributed by atoms with Gasteiger partial charge in [-0.1, -0.05) is 25.5 Å². The van der Waals surface area contributed by atoms with Gasteiger partial charge in [-0.15, -0.1) is 0 Å². The lowest BCUT2D eigenvalue weighted by molar-refractivity contribution is -0.184. The summed E-state index contributed by atoms with van der Waals surface area (Å²) < 4.78 is 0. The van der Waals surface area contributed by atoms with Crippen molar-refractivity contribution in [3.8, 4) is 0 Å². The molecule has 2 N–H and O–H groups in total. The van der Waals surface area contributed by atoms with E-state index < -0.39 is 40.0 Å². The van der Waals surface area contributed by atoms with Crippen LogP contribution in [0, 0.1) is 34.0 Å². The van der Waals surface area contributed by atoms with Crippen LogP contribution in [0.15, 0.2) is 12.2 Å². The van der Waals surface area contributed by atoms with Crippen molar-refractivity contribution in [2.45, 2.75) is 52.4 Å². The van der Waals surface area contributed by atoms with Crippen molar-refractivity contribution in [1.82, 2.24) is 0 Å². The molecule has 0 saturated heterocycles. The van der Waals surface area contributed by atoms with Crippen LogP contribution >= 0.6 is 0 Å². The fraction of sp³-hybridized carbons (Fsp3) is 0.700. The molecule has 3 fully saturated rings. The Morgan fingerprint density at radius 2 is 1.88 bits per heavy atom. The maximum Gasteiger partial charge on any atom is 0.310 e. The van der Waals surface area contributed by atoms with Crippen LogP contribution in [-0.2, 0) is 19.2 Å². The minimum atomic E-state index is -1.42. The highest BCUT2D eigenvalue weighted by Gasteiger charge is 2.66. The zero-order chi connectivity index (χ0) is 19.5. The summed E-state index contributed by atoms with van der Waals surface area (Å²) in [5.41, 5.74) is -2.42. The molecule has 2 bridgehead atoms. The predicted molar refractivity (Wildman–Crippen MR) is 92.3 cm³/mol. The number of allylic oxidation sites excluding steroid dienone is 1. The number of aldehydes is 1. The lowest BCUT2D eigenvalue weighted by Crippen LogP contribution is -2.58. The Bertz CT molecular complexity index is 711. The normalized spacial score (nSPS) is 45.4. The quantitative estimate of drug-likeness (QED) is 0.588. The van der Waals surface area contributed by atoms with E-state index in [1.165, 1.54) is 6.92 Å². The van der Waals surface area contributed by atoms with Crippen molar-refractivity contribution < 1.29 is 29.4 Å². The number of Topliss-reactive ketones (excluding diaryl/α,β-unsaturated/α-hetero) is 1. The number of carbonyl (C=O) groups excluding carboxylic acids is 2. The van der Waals surface area contributed by atoms with Gasteiger partial charge in [0.2, 0.25) is 0 Å². The molecule has 142 valence electrons. The molecule has 3 saturated carbocycles. The van der Waals surface area contributed by atoms with Gasteiger partial charge in [0.1, 0.15) is 12.1 Å². The standard InChI is InChI=1S/C20H26O6/c1-11-8-20(10-21)9-12(11)13(22)7-14(20)18(2)5-4-6-19(3,17(25)26)15(18)16(23)24/h10,12,14-15H,1,4-9H2,2-3H3,(H,23,24)(H,25,26). The Labute approximate surface area is 152 Å². The Balaban J connectivity index is 2.14. The van der Waals surface area contributed by atoms with E-state index in [9.17, 15) is 29.4 Å². The molecule has 26 heavy (non-hydrogen) atoms. The van der Waals surface area contributed by atoms with Gasteiger partial charge in [0.05, 0.1) is 11.3 Å². The maximum absolute atomic E-state index is 12.6. The molecule has 0 amide bonds. The second-order valence-corrected chi connectivity index (χ2v) is 9.02. The fourth-order valence-electron chi connectivity index (χ4n) is 6.37. The minimum Gasteiger partial charge on any atom is -0.481 e. The number of ketones is 1. The van der Waals surface area contributed by atoms with Crippen molar-refractivity contribution in [2.24, 2.45) is 34.0 Å². The molecule has 0 aromatic heterocycles. The van der Waals surface area contributed by atoms with Gasteiger partial charge in [-0.25, -0.2) is 0 Å². The van der Waals surface area contributed by atoms with Gasteiger partial charge in [-0.2, -0.15) is 0 Å². The second-order valence-electron chi connectivity index (χ2n) is 9.02. The highest BCUT2D eigenvalue weighted by molar-refractivity contribution is 5.89. The van der Waals surface area contributed by atoms with Crippen molar-refractivity contribution in [3.63, 3.8) is 0 Å². The summed E-state index contributed by atoms with van der Waals surface area (Å²) in [4.78, 5) is 49.0. The molecular weight excluding hydrogens is 336 g/mol. The number of hydrogen-bond acceptors (Lipinski definition) is 4. The predicted octanol–water partition coefficient (Wildman–Crippen LogP) is 2.71. The Morgan fingerprint density at radius 1 is 1.23 bits per heavy atom. The average Bonchev–Trinajstić information content (AvgIpc) is 2.84. The monoisotopic (exact) mass is 362 g/mol. The van der Waals surface area contributed by atoms with Gasteiger partial charge in [0, 0.05) is 17.8 Å². The molecule has 3 rings (SSSR count). The number of hydrogen-bond donors (Lipinski definition) is 2. The summed E-state index contributed by atoms with van der Waals surface area (Å²) in [6, 6.07) is 0. The van der Waals surface area contributed by atoms with E-state index >= 15 is 0 Å². The van der Waals surface area contributed by atoms with Crippen LogP contribution in [0.1, 0.15) is 52.4 Å². The fourth-order valence-corrected chi connectivity index (χ4v) is 6.37. The van der Waals surface area contributed by atoms with E-state index in [-0.39, 0.29) is 24.5 Å². The number of aliphatic carboxylic acids is 2. The minimum absolute atomic E-state index is 0.00272. The lowest BCUT2D eigenvalue weighted by Gasteiger charge is -2.55. The molecule has 0 aromatic carbocycles. The van der Waals surface area contributed by atoms with Crippen LogP contribution in [0.4, 0.5) is 0 Å². The first-order chi connectivity index (χ1) is 12.0. The molecule has 0 aliphatic heterocycles. The molecule has 3 aliphatic rings. The molecule has 0 spiro atoms.